The molecule has 9 heteroatoms. The first kappa shape index (κ1) is 14.7. The molecule has 2 rings (SSSR count). The molecule has 1 heterocycles. The number of nitrogens with zero attached hydrogens (tertiary/aromatic N) is 2. The second-order valence-corrected chi connectivity index (χ2v) is 4.43. The highest BCUT2D eigenvalue weighted by atomic mass is 35.5. The standard InChI is InChI=1S/C11H5Cl2F3N2O2/c12-5-2-1-4(3-6(5)14)18-9(13)7(11(19)20)8(17-18)10(15)16/h1-3,10H,(H,19,20). The molecule has 0 aliphatic rings. The Morgan fingerprint density at radius 1 is 1.35 bits per heavy atom. The minimum Gasteiger partial charge on any atom is -0.478 e. The van der Waals surface area contributed by atoms with E-state index in [2.05, 4.69) is 5.10 Å². The molecule has 0 aliphatic carbocycles. The Kier molecular flexibility index (Phi) is 3.92. The number of rotatable bonds is 3. The van der Waals surface area contributed by atoms with Crippen molar-refractivity contribution in [3.8, 4) is 5.69 Å². The first-order chi connectivity index (χ1) is 9.32. The molecule has 0 radical (unpaired) electrons. The molecule has 0 bridgehead atoms. The molecule has 2 aromatic rings. The smallest absolute Gasteiger partial charge is 0.341 e. The zero-order chi connectivity index (χ0) is 15.0. The second-order valence-electron chi connectivity index (χ2n) is 3.67. The van der Waals surface area contributed by atoms with E-state index in [1.54, 1.807) is 0 Å². The van der Waals surface area contributed by atoms with Gasteiger partial charge >= 0.3 is 5.97 Å². The summed E-state index contributed by atoms with van der Waals surface area (Å²) < 4.78 is 39.5. The van der Waals surface area contributed by atoms with Gasteiger partial charge in [-0.05, 0) is 12.1 Å². The lowest BCUT2D eigenvalue weighted by Gasteiger charge is -2.04. The molecule has 0 amide bonds. The summed E-state index contributed by atoms with van der Waals surface area (Å²) >= 11 is 11.2. The van der Waals surface area contributed by atoms with Crippen molar-refractivity contribution in [2.75, 3.05) is 0 Å². The minimum absolute atomic E-state index is 0.0219. The number of halogens is 5. The first-order valence-electron chi connectivity index (χ1n) is 5.08. The maximum Gasteiger partial charge on any atom is 0.341 e. The summed E-state index contributed by atoms with van der Waals surface area (Å²) in [7, 11) is 0. The van der Waals surface area contributed by atoms with Crippen LogP contribution in [0.1, 0.15) is 22.5 Å². The van der Waals surface area contributed by atoms with Crippen LogP contribution in [0.3, 0.4) is 0 Å². The van der Waals surface area contributed by atoms with Crippen molar-refractivity contribution in [2.24, 2.45) is 0 Å². The van der Waals surface area contributed by atoms with E-state index >= 15 is 0 Å². The van der Waals surface area contributed by atoms with Crippen LogP contribution in [0.15, 0.2) is 18.2 Å². The SMILES string of the molecule is O=C(O)c1c(C(F)F)nn(-c2ccc(Cl)c(F)c2)c1Cl. The van der Waals surface area contributed by atoms with E-state index in [0.717, 1.165) is 6.07 Å². The predicted octanol–water partition coefficient (Wildman–Crippen LogP) is 3.95. The lowest BCUT2D eigenvalue weighted by Crippen LogP contribution is -2.01. The average molecular weight is 325 g/mol. The maximum atomic E-state index is 13.3. The summed E-state index contributed by atoms with van der Waals surface area (Å²) in [6.07, 6.45) is -3.13. The molecule has 1 aromatic carbocycles. The Labute approximate surface area is 120 Å². The quantitative estimate of drug-likeness (QED) is 0.929. The fourth-order valence-corrected chi connectivity index (χ4v) is 1.98. The summed E-state index contributed by atoms with van der Waals surface area (Å²) in [5.41, 5.74) is -1.83. The number of aromatic carboxylic acids is 1. The van der Waals surface area contributed by atoms with Gasteiger partial charge in [0.1, 0.15) is 22.2 Å². The van der Waals surface area contributed by atoms with E-state index in [1.807, 2.05) is 0 Å². The molecule has 0 fully saturated rings. The molecule has 0 unspecified atom stereocenters. The fourth-order valence-electron chi connectivity index (χ4n) is 1.55. The number of carboxylic acids is 1. The molecule has 1 aromatic heterocycles. The molecule has 4 nitrogen and oxygen atoms in total. The number of hydrogen-bond donors (Lipinski definition) is 1. The fraction of sp³-hybridized carbons (Fsp3) is 0.0909. The second kappa shape index (κ2) is 5.34. The molecular weight excluding hydrogens is 320 g/mol. The number of carbonyl (C=O) groups is 1. The Morgan fingerprint density at radius 2 is 2.00 bits per heavy atom. The Hall–Kier alpha value is -1.73. The van der Waals surface area contributed by atoms with Crippen LogP contribution in [-0.2, 0) is 0 Å². The van der Waals surface area contributed by atoms with Gasteiger partial charge in [0, 0.05) is 6.07 Å². The van der Waals surface area contributed by atoms with Gasteiger partial charge in [0.15, 0.2) is 0 Å². The van der Waals surface area contributed by atoms with Crippen LogP contribution in [0.25, 0.3) is 5.69 Å². The van der Waals surface area contributed by atoms with Crippen molar-refractivity contribution in [2.45, 2.75) is 6.43 Å². The topological polar surface area (TPSA) is 55.1 Å². The molecular formula is C11H5Cl2F3N2O2. The van der Waals surface area contributed by atoms with Crippen LogP contribution in [0.2, 0.25) is 10.2 Å². The van der Waals surface area contributed by atoms with Crippen molar-refractivity contribution in [3.05, 3.63) is 45.4 Å². The zero-order valence-corrected chi connectivity index (χ0v) is 11.0. The maximum absolute atomic E-state index is 13.3. The first-order valence-corrected chi connectivity index (χ1v) is 5.83. The molecule has 0 saturated carbocycles. The molecule has 1 N–H and O–H groups in total. The Morgan fingerprint density at radius 3 is 2.45 bits per heavy atom. The van der Waals surface area contributed by atoms with Crippen LogP contribution >= 0.6 is 23.2 Å². The number of alkyl halides is 2. The van der Waals surface area contributed by atoms with Crippen LogP contribution in [0, 0.1) is 5.82 Å². The van der Waals surface area contributed by atoms with Gasteiger partial charge in [-0.3, -0.25) is 0 Å². The number of carboxylic acid groups (broad SMARTS) is 1. The lowest BCUT2D eigenvalue weighted by atomic mass is 10.2. The minimum atomic E-state index is -3.13. The van der Waals surface area contributed by atoms with E-state index < -0.39 is 34.6 Å². The summed E-state index contributed by atoms with van der Waals surface area (Å²) in [5.74, 6) is -2.46. The highest BCUT2D eigenvalue weighted by Gasteiger charge is 2.28. The third-order valence-corrected chi connectivity index (χ3v) is 3.08. The van der Waals surface area contributed by atoms with Crippen molar-refractivity contribution in [1.29, 1.82) is 0 Å². The van der Waals surface area contributed by atoms with Crippen LogP contribution in [-0.4, -0.2) is 20.9 Å². The van der Waals surface area contributed by atoms with Crippen molar-refractivity contribution in [3.63, 3.8) is 0 Å². The van der Waals surface area contributed by atoms with Gasteiger partial charge in [0.25, 0.3) is 6.43 Å². The zero-order valence-electron chi connectivity index (χ0n) is 9.45. The normalized spacial score (nSPS) is 11.1. The lowest BCUT2D eigenvalue weighted by molar-refractivity contribution is 0.0684. The number of aromatic nitrogens is 2. The molecule has 0 saturated heterocycles. The van der Waals surface area contributed by atoms with Crippen molar-refractivity contribution < 1.29 is 23.1 Å². The Balaban J connectivity index is 2.66. The third-order valence-electron chi connectivity index (χ3n) is 2.42. The number of hydrogen-bond acceptors (Lipinski definition) is 2. The van der Waals surface area contributed by atoms with E-state index in [9.17, 15) is 18.0 Å². The molecule has 0 aliphatic heterocycles. The van der Waals surface area contributed by atoms with E-state index in [4.69, 9.17) is 28.3 Å². The van der Waals surface area contributed by atoms with Crippen LogP contribution in [0.5, 0.6) is 0 Å². The monoisotopic (exact) mass is 324 g/mol. The third kappa shape index (κ3) is 2.46. The van der Waals surface area contributed by atoms with E-state index in [0.29, 0.717) is 4.68 Å². The highest BCUT2D eigenvalue weighted by Crippen LogP contribution is 2.30. The van der Waals surface area contributed by atoms with Gasteiger partial charge in [0.05, 0.1) is 10.7 Å². The molecule has 20 heavy (non-hydrogen) atoms. The highest BCUT2D eigenvalue weighted by molar-refractivity contribution is 6.33. The summed E-state index contributed by atoms with van der Waals surface area (Å²) in [6.45, 7) is 0. The van der Waals surface area contributed by atoms with Gasteiger partial charge < -0.3 is 5.11 Å². The molecule has 0 spiro atoms. The van der Waals surface area contributed by atoms with Crippen LogP contribution < -0.4 is 0 Å². The van der Waals surface area contributed by atoms with E-state index in [1.165, 1.54) is 12.1 Å². The van der Waals surface area contributed by atoms with Gasteiger partial charge in [-0.25, -0.2) is 22.6 Å². The average Bonchev–Trinajstić information content (AvgIpc) is 2.71. The van der Waals surface area contributed by atoms with Gasteiger partial charge in [-0.1, -0.05) is 23.2 Å². The van der Waals surface area contributed by atoms with Crippen molar-refractivity contribution >= 4 is 29.2 Å². The summed E-state index contributed by atoms with van der Waals surface area (Å²) in [6, 6.07) is 3.35. The predicted molar refractivity (Wildman–Crippen MR) is 65.5 cm³/mol. The van der Waals surface area contributed by atoms with Gasteiger partial charge in [-0.15, -0.1) is 0 Å². The van der Waals surface area contributed by atoms with E-state index in [-0.39, 0.29) is 10.7 Å². The van der Waals surface area contributed by atoms with Gasteiger partial charge in [0.2, 0.25) is 0 Å². The molecule has 106 valence electrons. The van der Waals surface area contributed by atoms with Gasteiger partial charge in [-0.2, -0.15) is 5.10 Å². The molecule has 0 atom stereocenters. The number of benzene rings is 1. The Bertz CT molecular complexity index is 689. The van der Waals surface area contributed by atoms with Crippen LogP contribution in [0.4, 0.5) is 13.2 Å². The largest absolute Gasteiger partial charge is 0.478 e. The summed E-state index contributed by atoms with van der Waals surface area (Å²) in [4.78, 5) is 10.9. The van der Waals surface area contributed by atoms with Crippen molar-refractivity contribution in [1.82, 2.24) is 9.78 Å². The summed E-state index contributed by atoms with van der Waals surface area (Å²) in [5, 5.41) is 11.6.